The second-order valence-corrected chi connectivity index (χ2v) is 2.88. The zero-order chi connectivity index (χ0) is 7.82. The third-order valence-corrected chi connectivity index (χ3v) is 1.89. The van der Waals surface area contributed by atoms with Crippen molar-refractivity contribution in [3.8, 4) is 0 Å². The molecule has 0 bridgehead atoms. The van der Waals surface area contributed by atoms with E-state index in [0.717, 1.165) is 5.92 Å². The van der Waals surface area contributed by atoms with E-state index >= 15 is 0 Å². The summed E-state index contributed by atoms with van der Waals surface area (Å²) in [6.45, 7) is 1.61. The van der Waals surface area contributed by atoms with Crippen LogP contribution in [0.1, 0.15) is 39.0 Å². The minimum absolute atomic E-state index is 0.750. The smallest absolute Gasteiger partial charge is 0.140 e. The molecule has 1 rings (SSSR count). The highest BCUT2D eigenvalue weighted by Gasteiger charge is 2.05. The van der Waals surface area contributed by atoms with Crippen LogP contribution < -0.4 is 0 Å². The molecule has 0 spiro atoms. The third-order valence-electron chi connectivity index (χ3n) is 1.89. The fraction of sp³-hybridized carbons (Fsp3) is 1.00. The van der Waals surface area contributed by atoms with Gasteiger partial charge in [0, 0.05) is 0 Å². The van der Waals surface area contributed by atoms with Crippen LogP contribution in [-0.4, -0.2) is 17.0 Å². The molecule has 0 saturated heterocycles. The lowest BCUT2D eigenvalue weighted by Gasteiger charge is -2.15. The molecule has 2 nitrogen and oxygen atoms in total. The number of aliphatic hydroxyl groups is 2. The molecule has 1 fully saturated rings. The standard InChI is InChI=1S/C7H14.CH4O2/c1-7-5-3-2-4-6-7;2-1-3/h7H,2-6H2,1H3;2-3H,1H2. The summed E-state index contributed by atoms with van der Waals surface area (Å²) in [6.07, 6.45) is 7.44. The zero-order valence-electron chi connectivity index (χ0n) is 6.71. The SMILES string of the molecule is CC1CCCCC1.OCO. The molecule has 2 N–H and O–H groups in total. The number of hydrogen-bond acceptors (Lipinski definition) is 2. The second kappa shape index (κ2) is 7.03. The lowest BCUT2D eigenvalue weighted by Crippen LogP contribution is -1.99. The van der Waals surface area contributed by atoms with E-state index in [1.807, 2.05) is 0 Å². The highest BCUT2D eigenvalue weighted by Crippen LogP contribution is 2.21. The van der Waals surface area contributed by atoms with Crippen molar-refractivity contribution in [2.45, 2.75) is 39.0 Å². The van der Waals surface area contributed by atoms with E-state index in [9.17, 15) is 0 Å². The predicted molar refractivity (Wildman–Crippen MR) is 41.6 cm³/mol. The van der Waals surface area contributed by atoms with Gasteiger partial charge in [0.25, 0.3) is 0 Å². The van der Waals surface area contributed by atoms with Gasteiger partial charge in [0.2, 0.25) is 0 Å². The van der Waals surface area contributed by atoms with Crippen molar-refractivity contribution in [2.75, 3.05) is 6.79 Å². The molecule has 1 saturated carbocycles. The van der Waals surface area contributed by atoms with Crippen LogP contribution in [0.5, 0.6) is 0 Å². The van der Waals surface area contributed by atoms with Gasteiger partial charge in [-0.05, 0) is 5.92 Å². The van der Waals surface area contributed by atoms with Gasteiger partial charge in [-0.2, -0.15) is 0 Å². The van der Waals surface area contributed by atoms with Crippen molar-refractivity contribution < 1.29 is 10.2 Å². The quantitative estimate of drug-likeness (QED) is 0.509. The van der Waals surface area contributed by atoms with Gasteiger partial charge in [-0.1, -0.05) is 39.0 Å². The van der Waals surface area contributed by atoms with Crippen molar-refractivity contribution in [3.63, 3.8) is 0 Å². The molecule has 0 amide bonds. The van der Waals surface area contributed by atoms with Crippen molar-refractivity contribution in [2.24, 2.45) is 5.92 Å². The molecule has 0 unspecified atom stereocenters. The second-order valence-electron chi connectivity index (χ2n) is 2.88. The van der Waals surface area contributed by atoms with Crippen LogP contribution in [0.25, 0.3) is 0 Å². The predicted octanol–water partition coefficient (Wildman–Crippen LogP) is 1.52. The summed E-state index contributed by atoms with van der Waals surface area (Å²) < 4.78 is 0. The molecular weight excluding hydrogens is 128 g/mol. The summed E-state index contributed by atoms with van der Waals surface area (Å²) in [6, 6.07) is 0. The van der Waals surface area contributed by atoms with Crippen molar-refractivity contribution >= 4 is 0 Å². The van der Waals surface area contributed by atoms with Crippen LogP contribution in [0, 0.1) is 5.92 Å². The Hall–Kier alpha value is -0.0800. The van der Waals surface area contributed by atoms with Crippen LogP contribution >= 0.6 is 0 Å². The third kappa shape index (κ3) is 6.05. The highest BCUT2D eigenvalue weighted by atomic mass is 16.5. The molecule has 2 heteroatoms. The molecule has 0 radical (unpaired) electrons. The van der Waals surface area contributed by atoms with Gasteiger partial charge in [-0.3, -0.25) is 0 Å². The van der Waals surface area contributed by atoms with E-state index in [0.29, 0.717) is 0 Å². The minimum atomic E-state index is -0.750. The van der Waals surface area contributed by atoms with Gasteiger partial charge in [0.1, 0.15) is 6.79 Å². The maximum absolute atomic E-state index is 7.12. The van der Waals surface area contributed by atoms with Gasteiger partial charge in [-0.15, -0.1) is 0 Å². The van der Waals surface area contributed by atoms with Crippen LogP contribution in [0.15, 0.2) is 0 Å². The topological polar surface area (TPSA) is 40.5 Å². The molecule has 0 aliphatic heterocycles. The van der Waals surface area contributed by atoms with Crippen LogP contribution in [0.3, 0.4) is 0 Å². The van der Waals surface area contributed by atoms with Gasteiger partial charge >= 0.3 is 0 Å². The summed E-state index contributed by atoms with van der Waals surface area (Å²) in [5.74, 6) is 1.04. The summed E-state index contributed by atoms with van der Waals surface area (Å²) >= 11 is 0. The molecule has 1 aliphatic rings. The summed E-state index contributed by atoms with van der Waals surface area (Å²) in [5, 5.41) is 14.2. The van der Waals surface area contributed by atoms with E-state index < -0.39 is 6.79 Å². The first kappa shape index (κ1) is 9.92. The average Bonchev–Trinajstić information content (AvgIpc) is 1.91. The largest absolute Gasteiger partial charge is 0.371 e. The van der Waals surface area contributed by atoms with Crippen LogP contribution in [0.2, 0.25) is 0 Å². The fourth-order valence-corrected chi connectivity index (χ4v) is 1.31. The number of rotatable bonds is 0. The number of hydrogen-bond donors (Lipinski definition) is 2. The summed E-state index contributed by atoms with van der Waals surface area (Å²) in [5.41, 5.74) is 0. The van der Waals surface area contributed by atoms with Gasteiger partial charge in [0.05, 0.1) is 0 Å². The Morgan fingerprint density at radius 3 is 1.70 bits per heavy atom. The highest BCUT2D eigenvalue weighted by molar-refractivity contribution is 4.59. The summed E-state index contributed by atoms with van der Waals surface area (Å²) in [7, 11) is 0. The molecule has 62 valence electrons. The van der Waals surface area contributed by atoms with Gasteiger partial charge in [0.15, 0.2) is 0 Å². The lowest BCUT2D eigenvalue weighted by atomic mass is 9.91. The molecule has 0 aromatic carbocycles. The first-order chi connectivity index (χ1) is 4.81. The lowest BCUT2D eigenvalue weighted by molar-refractivity contribution is 0.0773. The molecule has 1 aliphatic carbocycles. The van der Waals surface area contributed by atoms with Crippen LogP contribution in [0.4, 0.5) is 0 Å². The maximum atomic E-state index is 7.12. The zero-order valence-corrected chi connectivity index (χ0v) is 6.71. The number of aliphatic hydroxyl groups excluding tert-OH is 1. The summed E-state index contributed by atoms with van der Waals surface area (Å²) in [4.78, 5) is 0. The molecular formula is C8H18O2. The fourth-order valence-electron chi connectivity index (χ4n) is 1.31. The Morgan fingerprint density at radius 2 is 1.50 bits per heavy atom. The molecule has 0 aromatic heterocycles. The van der Waals surface area contributed by atoms with Crippen molar-refractivity contribution in [1.82, 2.24) is 0 Å². The Labute approximate surface area is 62.9 Å². The van der Waals surface area contributed by atoms with Gasteiger partial charge in [-0.25, -0.2) is 0 Å². The Morgan fingerprint density at radius 1 is 1.10 bits per heavy atom. The normalized spacial score (nSPS) is 19.5. The van der Waals surface area contributed by atoms with Gasteiger partial charge < -0.3 is 10.2 Å². The first-order valence-corrected chi connectivity index (χ1v) is 4.03. The van der Waals surface area contributed by atoms with Crippen molar-refractivity contribution in [1.29, 1.82) is 0 Å². The van der Waals surface area contributed by atoms with E-state index in [1.165, 1.54) is 32.1 Å². The van der Waals surface area contributed by atoms with Crippen LogP contribution in [-0.2, 0) is 0 Å². The first-order valence-electron chi connectivity index (χ1n) is 4.03. The maximum Gasteiger partial charge on any atom is 0.140 e. The molecule has 10 heavy (non-hydrogen) atoms. The average molecular weight is 146 g/mol. The van der Waals surface area contributed by atoms with E-state index in [-0.39, 0.29) is 0 Å². The molecule has 0 atom stereocenters. The Balaban J connectivity index is 0.000000236. The van der Waals surface area contributed by atoms with E-state index in [4.69, 9.17) is 10.2 Å². The van der Waals surface area contributed by atoms with E-state index in [2.05, 4.69) is 6.92 Å². The Bertz CT molecular complexity index is 58.3. The van der Waals surface area contributed by atoms with E-state index in [1.54, 1.807) is 0 Å². The Kier molecular flexibility index (Phi) is 6.98. The molecule has 0 aromatic rings. The minimum Gasteiger partial charge on any atom is -0.371 e. The van der Waals surface area contributed by atoms with Crippen molar-refractivity contribution in [3.05, 3.63) is 0 Å². The molecule has 0 heterocycles. The monoisotopic (exact) mass is 146 g/mol.